The van der Waals surface area contributed by atoms with Crippen molar-refractivity contribution in [2.24, 2.45) is 0 Å². The molecule has 0 aliphatic carbocycles. The summed E-state index contributed by atoms with van der Waals surface area (Å²) in [6.45, 7) is 7.88. The van der Waals surface area contributed by atoms with Crippen LogP contribution in [0.4, 0.5) is 5.82 Å². The minimum absolute atomic E-state index is 0.0192. The van der Waals surface area contributed by atoms with Gasteiger partial charge in [0.1, 0.15) is 5.82 Å². The molecule has 1 N–H and O–H groups in total. The molecule has 1 amide bonds. The maximum Gasteiger partial charge on any atom is 0.272 e. The topological polar surface area (TPSA) is 104 Å². The molecule has 0 bridgehead atoms. The molecule has 1 aliphatic rings. The number of ether oxygens (including phenoxy) is 2. The van der Waals surface area contributed by atoms with Crippen molar-refractivity contribution in [3.05, 3.63) is 71.0 Å². The maximum absolute atomic E-state index is 12.8. The van der Waals surface area contributed by atoms with Gasteiger partial charge in [-0.1, -0.05) is 35.9 Å². The molecule has 4 aromatic rings. The van der Waals surface area contributed by atoms with Gasteiger partial charge in [0, 0.05) is 23.5 Å². The van der Waals surface area contributed by atoms with Crippen molar-refractivity contribution in [3.8, 4) is 28.7 Å². The average Bonchev–Trinajstić information content (AvgIpc) is 3.19. The highest BCUT2D eigenvalue weighted by Crippen LogP contribution is 2.42. The first kappa shape index (κ1) is 23.5. The van der Waals surface area contributed by atoms with Gasteiger partial charge in [0.25, 0.3) is 5.95 Å². The number of fused-ring (bicyclic) bond motifs is 1. The van der Waals surface area contributed by atoms with Gasteiger partial charge in [-0.25, -0.2) is 4.98 Å². The number of methoxy groups -OCH3 is 1. The molecule has 2 aromatic carbocycles. The van der Waals surface area contributed by atoms with Crippen LogP contribution < -0.4 is 14.8 Å². The van der Waals surface area contributed by atoms with E-state index >= 15 is 0 Å². The van der Waals surface area contributed by atoms with Crippen LogP contribution in [0.5, 0.6) is 11.5 Å². The van der Waals surface area contributed by atoms with Crippen molar-refractivity contribution in [2.45, 2.75) is 46.1 Å². The van der Waals surface area contributed by atoms with Crippen molar-refractivity contribution >= 4 is 11.7 Å². The van der Waals surface area contributed by atoms with E-state index in [0.717, 1.165) is 27.9 Å². The van der Waals surface area contributed by atoms with Gasteiger partial charge in [0.05, 0.1) is 30.8 Å². The van der Waals surface area contributed by atoms with E-state index in [-0.39, 0.29) is 30.3 Å². The van der Waals surface area contributed by atoms with E-state index in [4.69, 9.17) is 19.6 Å². The number of carbonyl (C=O) groups is 1. The molecule has 184 valence electrons. The number of amides is 1. The summed E-state index contributed by atoms with van der Waals surface area (Å²) in [6, 6.07) is 13.8. The quantitative estimate of drug-likeness (QED) is 0.426. The lowest BCUT2D eigenvalue weighted by atomic mass is 9.85. The smallest absolute Gasteiger partial charge is 0.272 e. The lowest BCUT2D eigenvalue weighted by molar-refractivity contribution is -0.116. The van der Waals surface area contributed by atoms with Crippen molar-refractivity contribution in [3.63, 3.8) is 0 Å². The van der Waals surface area contributed by atoms with Gasteiger partial charge in [-0.2, -0.15) is 14.9 Å². The summed E-state index contributed by atoms with van der Waals surface area (Å²) in [5.41, 5.74) is 5.39. The highest BCUT2D eigenvalue weighted by Gasteiger charge is 2.34. The van der Waals surface area contributed by atoms with Crippen molar-refractivity contribution in [1.82, 2.24) is 25.0 Å². The summed E-state index contributed by atoms with van der Waals surface area (Å²) >= 11 is 0. The predicted octanol–water partition coefficient (Wildman–Crippen LogP) is 4.61. The number of carbonyl (C=O) groups excluding carboxylic acids is 1. The monoisotopic (exact) mass is 484 g/mol. The summed E-state index contributed by atoms with van der Waals surface area (Å²) in [5.74, 6) is 1.80. The van der Waals surface area contributed by atoms with Crippen LogP contribution in [0.2, 0.25) is 0 Å². The zero-order valence-corrected chi connectivity index (χ0v) is 20.9. The Morgan fingerprint density at radius 3 is 2.58 bits per heavy atom. The van der Waals surface area contributed by atoms with E-state index in [1.807, 2.05) is 70.2 Å². The third-order valence-corrected chi connectivity index (χ3v) is 6.14. The van der Waals surface area contributed by atoms with Crippen LogP contribution in [0.3, 0.4) is 0 Å². The minimum Gasteiger partial charge on any atom is -0.493 e. The second-order valence-electron chi connectivity index (χ2n) is 9.15. The molecular formula is C27H28N6O3. The van der Waals surface area contributed by atoms with E-state index in [1.54, 1.807) is 18.0 Å². The predicted molar refractivity (Wildman–Crippen MR) is 136 cm³/mol. The molecule has 0 spiro atoms. The largest absolute Gasteiger partial charge is 0.493 e. The van der Waals surface area contributed by atoms with Crippen LogP contribution >= 0.6 is 0 Å². The molecule has 3 heterocycles. The number of benzene rings is 2. The SMILES string of the molecule is COc1ccc(C2CC(=O)Nc3c2c(C)nn3-c2nncc(-c3ccc(C)cc3)n2)cc1OC(C)C. The highest BCUT2D eigenvalue weighted by molar-refractivity contribution is 5.95. The molecule has 1 aliphatic heterocycles. The molecule has 1 atom stereocenters. The lowest BCUT2D eigenvalue weighted by Crippen LogP contribution is -2.25. The molecule has 0 fully saturated rings. The van der Waals surface area contributed by atoms with E-state index in [9.17, 15) is 4.79 Å². The van der Waals surface area contributed by atoms with Crippen LogP contribution in [-0.4, -0.2) is 44.1 Å². The standard InChI is InChI=1S/C27H28N6O3/c1-15(2)36-23-12-19(10-11-22(23)35-5)20-13-24(34)30-26-25(20)17(4)32-33(26)27-29-21(14-28-31-27)18-8-6-16(3)7-9-18/h6-12,14-15,20H,13H2,1-5H3,(H,30,34). The summed E-state index contributed by atoms with van der Waals surface area (Å²) in [6.07, 6.45) is 1.89. The summed E-state index contributed by atoms with van der Waals surface area (Å²) in [7, 11) is 1.61. The van der Waals surface area contributed by atoms with Crippen molar-refractivity contribution in [2.75, 3.05) is 12.4 Å². The Bertz CT molecular complexity index is 1430. The molecule has 36 heavy (non-hydrogen) atoms. The second kappa shape index (κ2) is 9.41. The van der Waals surface area contributed by atoms with Crippen molar-refractivity contribution < 1.29 is 14.3 Å². The molecule has 0 saturated heterocycles. The normalized spacial score (nSPS) is 14.9. The number of hydrogen-bond acceptors (Lipinski definition) is 7. The van der Waals surface area contributed by atoms with Gasteiger partial charge >= 0.3 is 0 Å². The summed E-state index contributed by atoms with van der Waals surface area (Å²) in [4.78, 5) is 17.5. The zero-order chi connectivity index (χ0) is 25.4. The fraction of sp³-hybridized carbons (Fsp3) is 0.296. The van der Waals surface area contributed by atoms with Crippen LogP contribution in [0, 0.1) is 13.8 Å². The number of anilines is 1. The Morgan fingerprint density at radius 1 is 1.08 bits per heavy atom. The first-order chi connectivity index (χ1) is 17.3. The number of aromatic nitrogens is 5. The van der Waals surface area contributed by atoms with E-state index < -0.39 is 0 Å². The fourth-order valence-electron chi connectivity index (χ4n) is 4.48. The zero-order valence-electron chi connectivity index (χ0n) is 20.9. The first-order valence-electron chi connectivity index (χ1n) is 11.8. The molecule has 0 saturated carbocycles. The Balaban J connectivity index is 1.58. The summed E-state index contributed by atoms with van der Waals surface area (Å²) < 4.78 is 13.0. The van der Waals surface area contributed by atoms with Gasteiger partial charge in [-0.15, -0.1) is 5.10 Å². The Morgan fingerprint density at radius 2 is 1.86 bits per heavy atom. The average molecular weight is 485 g/mol. The number of nitrogens with zero attached hydrogens (tertiary/aromatic N) is 5. The molecule has 9 nitrogen and oxygen atoms in total. The molecule has 5 rings (SSSR count). The van der Waals surface area contributed by atoms with Gasteiger partial charge in [-0.05, 0) is 45.4 Å². The van der Waals surface area contributed by atoms with E-state index in [2.05, 4.69) is 15.5 Å². The Kier molecular flexibility index (Phi) is 6.13. The van der Waals surface area contributed by atoms with E-state index in [1.165, 1.54) is 0 Å². The molecule has 2 aromatic heterocycles. The van der Waals surface area contributed by atoms with E-state index in [0.29, 0.717) is 23.0 Å². The van der Waals surface area contributed by atoms with Gasteiger partial charge in [0.15, 0.2) is 11.5 Å². The molecule has 1 unspecified atom stereocenters. The third-order valence-electron chi connectivity index (χ3n) is 6.14. The minimum atomic E-state index is -0.212. The first-order valence-corrected chi connectivity index (χ1v) is 11.8. The number of rotatable bonds is 6. The van der Waals surface area contributed by atoms with Crippen molar-refractivity contribution in [1.29, 1.82) is 0 Å². The molecular weight excluding hydrogens is 456 g/mol. The highest BCUT2D eigenvalue weighted by atomic mass is 16.5. The van der Waals surface area contributed by atoms with Crippen LogP contribution in [0.1, 0.15) is 48.6 Å². The number of nitrogens with one attached hydrogen (secondary N) is 1. The fourth-order valence-corrected chi connectivity index (χ4v) is 4.48. The lowest BCUT2D eigenvalue weighted by Gasteiger charge is -2.25. The Labute approximate surface area is 209 Å². The Hall–Kier alpha value is -4.27. The van der Waals surface area contributed by atoms with Gasteiger partial charge in [0.2, 0.25) is 5.91 Å². The second-order valence-corrected chi connectivity index (χ2v) is 9.15. The van der Waals surface area contributed by atoms with Crippen LogP contribution in [0.25, 0.3) is 17.2 Å². The summed E-state index contributed by atoms with van der Waals surface area (Å²) in [5, 5.41) is 16.1. The van der Waals surface area contributed by atoms with Crippen LogP contribution in [0.15, 0.2) is 48.7 Å². The third kappa shape index (κ3) is 4.39. The number of aryl methyl sites for hydroxylation is 2. The maximum atomic E-state index is 12.8. The van der Waals surface area contributed by atoms with Gasteiger partial charge < -0.3 is 14.8 Å². The number of hydrogen-bond donors (Lipinski definition) is 1. The molecule has 0 radical (unpaired) electrons. The van der Waals surface area contributed by atoms with Crippen LogP contribution in [-0.2, 0) is 4.79 Å². The van der Waals surface area contributed by atoms with Gasteiger partial charge in [-0.3, -0.25) is 4.79 Å². The molecule has 9 heteroatoms.